The summed E-state index contributed by atoms with van der Waals surface area (Å²) in [5, 5.41) is 6.51. The minimum atomic E-state index is 0.300. The van der Waals surface area contributed by atoms with E-state index in [0.717, 1.165) is 30.4 Å². The highest BCUT2D eigenvalue weighted by Gasteiger charge is 2.31. The summed E-state index contributed by atoms with van der Waals surface area (Å²) in [7, 11) is 0. The van der Waals surface area contributed by atoms with Gasteiger partial charge in [-0.2, -0.15) is 0 Å². The van der Waals surface area contributed by atoms with Gasteiger partial charge in [0.2, 0.25) is 0 Å². The zero-order chi connectivity index (χ0) is 30.6. The van der Waals surface area contributed by atoms with Crippen LogP contribution in [0.15, 0.2) is 126 Å². The lowest BCUT2D eigenvalue weighted by Crippen LogP contribution is -2.01. The van der Waals surface area contributed by atoms with Crippen molar-refractivity contribution < 1.29 is 4.42 Å². The summed E-state index contributed by atoms with van der Waals surface area (Å²) < 4.78 is 10.8. The molecule has 0 saturated carbocycles. The Labute approximate surface area is 280 Å². The second kappa shape index (κ2) is 9.78. The first-order chi connectivity index (χ1) is 23.3. The molecule has 0 unspecified atom stereocenters. The van der Waals surface area contributed by atoms with E-state index in [4.69, 9.17) is 4.42 Å². The van der Waals surface area contributed by atoms with Crippen LogP contribution in [0, 0.1) is 0 Å². The van der Waals surface area contributed by atoms with Gasteiger partial charge in [0.05, 0.1) is 0 Å². The predicted molar refractivity (Wildman–Crippen MR) is 202 cm³/mol. The van der Waals surface area contributed by atoms with Gasteiger partial charge in [-0.15, -0.1) is 22.7 Å². The number of aryl methyl sites for hydroxylation is 1. The summed E-state index contributed by atoms with van der Waals surface area (Å²) in [4.78, 5) is 1.51. The second-order valence-corrected chi connectivity index (χ2v) is 15.2. The van der Waals surface area contributed by atoms with Gasteiger partial charge in [-0.3, -0.25) is 0 Å². The summed E-state index contributed by atoms with van der Waals surface area (Å²) in [6.45, 7) is 0. The molecular weight excluding hydrogens is 609 g/mol. The van der Waals surface area contributed by atoms with Gasteiger partial charge in [0.1, 0.15) is 11.2 Å². The van der Waals surface area contributed by atoms with Crippen molar-refractivity contribution in [3.63, 3.8) is 0 Å². The highest BCUT2D eigenvalue weighted by molar-refractivity contribution is 7.26. The monoisotopic (exact) mass is 636 g/mol. The first-order valence-electron chi connectivity index (χ1n) is 16.5. The Morgan fingerprint density at radius 2 is 1.51 bits per heavy atom. The maximum atomic E-state index is 6.62. The van der Waals surface area contributed by atoms with Crippen molar-refractivity contribution in [3.05, 3.63) is 148 Å². The van der Waals surface area contributed by atoms with Crippen molar-refractivity contribution in [2.45, 2.75) is 25.2 Å². The van der Waals surface area contributed by atoms with Crippen LogP contribution >= 0.6 is 22.7 Å². The van der Waals surface area contributed by atoms with Gasteiger partial charge in [0, 0.05) is 46.4 Å². The Balaban J connectivity index is 1.03. The van der Waals surface area contributed by atoms with Gasteiger partial charge < -0.3 is 4.42 Å². The number of benzene rings is 6. The molecule has 2 aliphatic rings. The van der Waals surface area contributed by atoms with Gasteiger partial charge in [-0.25, -0.2) is 0 Å². The van der Waals surface area contributed by atoms with Crippen molar-refractivity contribution in [2.75, 3.05) is 0 Å². The molecular formula is C44H28OS2. The second-order valence-electron chi connectivity index (χ2n) is 13.0. The lowest BCUT2D eigenvalue weighted by molar-refractivity contribution is 0.667. The molecule has 1 atom stereocenters. The lowest BCUT2D eigenvalue weighted by Gasteiger charge is -2.15. The average molecular weight is 637 g/mol. The molecule has 0 amide bonds. The number of thiophene rings is 2. The number of hydrogen-bond donors (Lipinski definition) is 0. The van der Waals surface area contributed by atoms with Gasteiger partial charge in [-0.05, 0) is 93.4 Å². The first kappa shape index (κ1) is 26.1. The molecule has 222 valence electrons. The molecule has 47 heavy (non-hydrogen) atoms. The van der Waals surface area contributed by atoms with Gasteiger partial charge in [-0.1, -0.05) is 103 Å². The van der Waals surface area contributed by atoms with Crippen LogP contribution in [0.1, 0.15) is 39.5 Å². The zero-order valence-electron chi connectivity index (χ0n) is 25.5. The van der Waals surface area contributed by atoms with E-state index in [9.17, 15) is 0 Å². The van der Waals surface area contributed by atoms with E-state index >= 15 is 0 Å². The predicted octanol–water partition coefficient (Wildman–Crippen LogP) is 13.1. The Kier molecular flexibility index (Phi) is 5.44. The molecule has 0 bridgehead atoms. The fraction of sp³-hybridized carbons (Fsp3) is 0.0909. The van der Waals surface area contributed by atoms with Crippen molar-refractivity contribution in [1.82, 2.24) is 0 Å². The molecule has 6 aromatic carbocycles. The van der Waals surface area contributed by atoms with Crippen LogP contribution in [0.2, 0.25) is 0 Å². The first-order valence-corrected chi connectivity index (χ1v) is 18.1. The van der Waals surface area contributed by atoms with Gasteiger partial charge in [0.25, 0.3) is 0 Å². The van der Waals surface area contributed by atoms with E-state index in [0.29, 0.717) is 5.92 Å². The number of hydrogen-bond acceptors (Lipinski definition) is 3. The molecule has 0 fully saturated rings. The van der Waals surface area contributed by atoms with Gasteiger partial charge >= 0.3 is 0 Å². The van der Waals surface area contributed by atoms with Crippen molar-refractivity contribution in [3.8, 4) is 22.3 Å². The normalized spacial score (nSPS) is 15.3. The van der Waals surface area contributed by atoms with Crippen LogP contribution in [0.5, 0.6) is 0 Å². The molecule has 0 saturated heterocycles. The van der Waals surface area contributed by atoms with Crippen LogP contribution in [0.3, 0.4) is 0 Å². The van der Waals surface area contributed by atoms with Crippen molar-refractivity contribution in [1.29, 1.82) is 0 Å². The molecule has 0 radical (unpaired) electrons. The summed E-state index contributed by atoms with van der Waals surface area (Å²) in [5.41, 5.74) is 12.8. The molecule has 1 nitrogen and oxygen atoms in total. The summed E-state index contributed by atoms with van der Waals surface area (Å²) >= 11 is 3.90. The van der Waals surface area contributed by atoms with Gasteiger partial charge in [0.15, 0.2) is 0 Å². The number of rotatable bonds is 3. The molecule has 2 aliphatic carbocycles. The maximum absolute atomic E-state index is 6.62. The van der Waals surface area contributed by atoms with E-state index in [1.807, 2.05) is 22.7 Å². The largest absolute Gasteiger partial charge is 0.456 e. The fourth-order valence-corrected chi connectivity index (χ4v) is 10.9. The molecule has 11 rings (SSSR count). The van der Waals surface area contributed by atoms with Crippen LogP contribution in [0.25, 0.3) is 80.5 Å². The zero-order valence-corrected chi connectivity index (χ0v) is 27.2. The molecule has 3 heterocycles. The molecule has 3 aromatic heterocycles. The minimum absolute atomic E-state index is 0.300. The standard InChI is InChI=1S/C44H28OS2/c1-2-9-29-28(8-1)33-20-21-34-31-11-4-6-15-40(31)47-44(34)43(33)36(29)22-25-16-18-35-38(23-25)45-37-13-7-12-27(42(35)37)26-17-19-32-30-10-3-5-14-39(30)46-41(32)24-26/h1-4,6-13,15-21,23-24,36H,5,14,22H2/t36-/m0/s1. The van der Waals surface area contributed by atoms with E-state index in [1.165, 1.54) is 90.4 Å². The summed E-state index contributed by atoms with van der Waals surface area (Å²) in [6.07, 6.45) is 7.85. The third kappa shape index (κ3) is 3.76. The SMILES string of the molecule is C1=Cc2c(sc3cc(-c4cccc5oc6cc(C[C@H]7c8ccccc8-c8ccc9c(sc%10ccccc%109)c87)ccc6c45)ccc23)CC1. The Hall–Kier alpha value is -4.96. The Morgan fingerprint density at radius 3 is 2.51 bits per heavy atom. The molecule has 3 heteroatoms. The minimum Gasteiger partial charge on any atom is -0.456 e. The van der Waals surface area contributed by atoms with Crippen molar-refractivity contribution >= 4 is 80.9 Å². The van der Waals surface area contributed by atoms with Crippen LogP contribution in [-0.4, -0.2) is 0 Å². The number of allylic oxidation sites excluding steroid dienone is 1. The van der Waals surface area contributed by atoms with E-state index in [2.05, 4.69) is 127 Å². The highest BCUT2D eigenvalue weighted by Crippen LogP contribution is 2.52. The van der Waals surface area contributed by atoms with E-state index < -0.39 is 0 Å². The number of furan rings is 1. The molecule has 9 aromatic rings. The van der Waals surface area contributed by atoms with Crippen molar-refractivity contribution in [2.24, 2.45) is 0 Å². The van der Waals surface area contributed by atoms with Crippen LogP contribution in [-0.2, 0) is 12.8 Å². The molecule has 0 N–H and O–H groups in total. The van der Waals surface area contributed by atoms with E-state index in [-0.39, 0.29) is 0 Å². The fourth-order valence-electron chi connectivity index (χ4n) is 8.40. The number of fused-ring (bicyclic) bond motifs is 13. The molecule has 0 spiro atoms. The smallest absolute Gasteiger partial charge is 0.136 e. The lowest BCUT2D eigenvalue weighted by atomic mass is 9.89. The van der Waals surface area contributed by atoms with Crippen LogP contribution in [0.4, 0.5) is 0 Å². The maximum Gasteiger partial charge on any atom is 0.136 e. The third-order valence-corrected chi connectivity index (χ3v) is 12.9. The Morgan fingerprint density at radius 1 is 0.638 bits per heavy atom. The Bertz CT molecular complexity index is 2780. The molecule has 0 aliphatic heterocycles. The summed E-state index contributed by atoms with van der Waals surface area (Å²) in [5.74, 6) is 0.300. The summed E-state index contributed by atoms with van der Waals surface area (Å²) in [6, 6.07) is 43.0. The third-order valence-electron chi connectivity index (χ3n) is 10.5. The average Bonchev–Trinajstić information content (AvgIpc) is 3.87. The van der Waals surface area contributed by atoms with E-state index in [1.54, 1.807) is 0 Å². The highest BCUT2D eigenvalue weighted by atomic mass is 32.1. The van der Waals surface area contributed by atoms with Crippen LogP contribution < -0.4 is 0 Å². The quantitative estimate of drug-likeness (QED) is 0.188. The topological polar surface area (TPSA) is 13.1 Å².